The fraction of sp³-hybridized carbons (Fsp3) is 0.235. The van der Waals surface area contributed by atoms with Gasteiger partial charge in [0.25, 0.3) is 0 Å². The van der Waals surface area contributed by atoms with Crippen LogP contribution in [0.4, 0.5) is 4.39 Å². The maximum atomic E-state index is 13.5. The molecule has 2 N–H and O–H groups in total. The van der Waals surface area contributed by atoms with E-state index in [9.17, 15) is 17.6 Å². The third-order valence-corrected chi connectivity index (χ3v) is 5.88. The van der Waals surface area contributed by atoms with E-state index in [1.807, 2.05) is 6.92 Å². The summed E-state index contributed by atoms with van der Waals surface area (Å²) in [5, 5.41) is 6.27. The first kappa shape index (κ1) is 17.8. The second-order valence-electron chi connectivity index (χ2n) is 5.93. The van der Waals surface area contributed by atoms with Crippen LogP contribution in [0.5, 0.6) is 0 Å². The lowest BCUT2D eigenvalue weighted by Crippen LogP contribution is -2.32. The average Bonchev–Trinajstić information content (AvgIpc) is 3.09. The molecule has 5 nitrogen and oxygen atoms in total. The standard InChI is InChI=1S/C17H16FNO4S2/c1-3-17(2)16(20)14(11-8-13(18)24-9-11)15(23-17)10-4-6-12(7-5-10)25(19,21)22/h4-9H,3H2,1-2H3,(H2,19,21,22). The lowest BCUT2D eigenvalue weighted by Gasteiger charge is -2.21. The number of primary sulfonamides is 1. The van der Waals surface area contributed by atoms with E-state index in [1.165, 1.54) is 30.3 Å². The maximum absolute atomic E-state index is 13.5. The zero-order valence-corrected chi connectivity index (χ0v) is 15.2. The van der Waals surface area contributed by atoms with Gasteiger partial charge in [0.05, 0.1) is 10.5 Å². The predicted octanol–water partition coefficient (Wildman–Crippen LogP) is 3.17. The first-order chi connectivity index (χ1) is 11.7. The summed E-state index contributed by atoms with van der Waals surface area (Å²) in [4.78, 5) is 12.8. The van der Waals surface area contributed by atoms with Gasteiger partial charge < -0.3 is 4.74 Å². The lowest BCUT2D eigenvalue weighted by molar-refractivity contribution is -0.126. The molecule has 132 valence electrons. The molecule has 0 spiro atoms. The highest BCUT2D eigenvalue weighted by Gasteiger charge is 2.45. The number of hydrogen-bond donors (Lipinski definition) is 1. The van der Waals surface area contributed by atoms with Gasteiger partial charge >= 0.3 is 0 Å². The molecule has 1 aromatic carbocycles. The van der Waals surface area contributed by atoms with Crippen LogP contribution in [0.3, 0.4) is 0 Å². The van der Waals surface area contributed by atoms with Crippen molar-refractivity contribution >= 4 is 38.5 Å². The molecule has 3 rings (SSSR count). The quantitative estimate of drug-likeness (QED) is 0.881. The van der Waals surface area contributed by atoms with Gasteiger partial charge in [-0.25, -0.2) is 13.6 Å². The molecule has 1 aromatic heterocycles. The highest BCUT2D eigenvalue weighted by Crippen LogP contribution is 2.43. The van der Waals surface area contributed by atoms with Crippen LogP contribution in [0, 0.1) is 5.13 Å². The third-order valence-electron chi connectivity index (χ3n) is 4.24. The Morgan fingerprint density at radius 3 is 2.36 bits per heavy atom. The Balaban J connectivity index is 2.15. The van der Waals surface area contributed by atoms with E-state index in [4.69, 9.17) is 9.88 Å². The van der Waals surface area contributed by atoms with Crippen LogP contribution in [0.25, 0.3) is 11.3 Å². The van der Waals surface area contributed by atoms with Gasteiger partial charge in [0, 0.05) is 16.5 Å². The first-order valence-electron chi connectivity index (χ1n) is 7.51. The highest BCUT2D eigenvalue weighted by molar-refractivity contribution is 7.89. The molecule has 0 saturated carbocycles. The summed E-state index contributed by atoms with van der Waals surface area (Å²) in [6.45, 7) is 3.51. The van der Waals surface area contributed by atoms with Crippen molar-refractivity contribution in [1.29, 1.82) is 0 Å². The number of hydrogen-bond acceptors (Lipinski definition) is 5. The average molecular weight is 381 g/mol. The number of nitrogens with two attached hydrogens (primary N) is 1. The number of ether oxygens (including phenoxy) is 1. The normalized spacial score (nSPS) is 20.9. The fourth-order valence-corrected chi connectivity index (χ4v) is 3.76. The summed E-state index contributed by atoms with van der Waals surface area (Å²) in [5.41, 5.74) is 0.240. The van der Waals surface area contributed by atoms with Crippen molar-refractivity contribution in [1.82, 2.24) is 0 Å². The van der Waals surface area contributed by atoms with Crippen molar-refractivity contribution in [3.63, 3.8) is 0 Å². The smallest absolute Gasteiger partial charge is 0.238 e. The summed E-state index contributed by atoms with van der Waals surface area (Å²) >= 11 is 0.900. The molecule has 1 aliphatic heterocycles. The van der Waals surface area contributed by atoms with Crippen molar-refractivity contribution in [2.75, 3.05) is 0 Å². The van der Waals surface area contributed by atoms with E-state index in [0.29, 0.717) is 28.9 Å². The number of sulfonamides is 1. The summed E-state index contributed by atoms with van der Waals surface area (Å²) in [5.74, 6) is 0.0893. The van der Waals surface area contributed by atoms with Crippen LogP contribution in [0.1, 0.15) is 31.4 Å². The zero-order valence-electron chi connectivity index (χ0n) is 13.6. The van der Waals surface area contributed by atoms with E-state index in [0.717, 1.165) is 11.3 Å². The zero-order chi connectivity index (χ0) is 18.4. The third kappa shape index (κ3) is 3.12. The molecule has 0 amide bonds. The Kier molecular flexibility index (Phi) is 4.30. The monoisotopic (exact) mass is 381 g/mol. The SMILES string of the molecule is CCC1(C)OC(c2ccc(S(N)(=O)=O)cc2)=C(c2csc(F)c2)C1=O. The Morgan fingerprint density at radius 1 is 1.24 bits per heavy atom. The molecule has 25 heavy (non-hydrogen) atoms. The largest absolute Gasteiger partial charge is 0.478 e. The van der Waals surface area contributed by atoms with E-state index >= 15 is 0 Å². The summed E-state index contributed by atoms with van der Waals surface area (Å²) in [6, 6.07) is 7.03. The number of carbonyl (C=O) groups excluding carboxylic acids is 1. The molecule has 2 aromatic rings. The van der Waals surface area contributed by atoms with Crippen LogP contribution in [0.2, 0.25) is 0 Å². The second kappa shape index (κ2) is 6.05. The molecular formula is C17H16FNO4S2. The molecule has 0 radical (unpaired) electrons. The topological polar surface area (TPSA) is 86.5 Å². The summed E-state index contributed by atoms with van der Waals surface area (Å²) in [7, 11) is -3.82. The van der Waals surface area contributed by atoms with Gasteiger partial charge in [-0.3, -0.25) is 4.79 Å². The van der Waals surface area contributed by atoms with Gasteiger partial charge in [-0.1, -0.05) is 6.92 Å². The van der Waals surface area contributed by atoms with Crippen LogP contribution in [-0.4, -0.2) is 19.8 Å². The summed E-state index contributed by atoms with van der Waals surface area (Å²) in [6.07, 6.45) is 0.445. The van der Waals surface area contributed by atoms with Gasteiger partial charge in [-0.2, -0.15) is 4.39 Å². The Hall–Kier alpha value is -2.03. The van der Waals surface area contributed by atoms with Gasteiger partial charge in [0.2, 0.25) is 15.8 Å². The minimum absolute atomic E-state index is 0.0393. The summed E-state index contributed by atoms with van der Waals surface area (Å²) < 4.78 is 42.2. The molecule has 0 saturated heterocycles. The Morgan fingerprint density at radius 2 is 1.88 bits per heavy atom. The van der Waals surface area contributed by atoms with Crippen LogP contribution in [-0.2, 0) is 19.6 Å². The van der Waals surface area contributed by atoms with E-state index in [2.05, 4.69) is 0 Å². The van der Waals surface area contributed by atoms with Gasteiger partial charge in [0.1, 0.15) is 5.76 Å². The molecule has 1 aliphatic rings. The Labute approximate surface area is 149 Å². The number of Topliss-reactive ketones (excluding diaryl/α,β-unsaturated/α-hetero) is 1. The van der Waals surface area contributed by atoms with Gasteiger partial charge in [0.15, 0.2) is 10.7 Å². The fourth-order valence-electron chi connectivity index (χ4n) is 2.63. The molecule has 0 aliphatic carbocycles. The molecule has 2 heterocycles. The number of thiophene rings is 1. The van der Waals surface area contributed by atoms with E-state index in [-0.39, 0.29) is 10.7 Å². The van der Waals surface area contributed by atoms with Crippen molar-refractivity contribution in [2.24, 2.45) is 5.14 Å². The maximum Gasteiger partial charge on any atom is 0.238 e. The number of halogens is 1. The second-order valence-corrected chi connectivity index (χ2v) is 8.35. The van der Waals surface area contributed by atoms with Crippen LogP contribution < -0.4 is 5.14 Å². The predicted molar refractivity (Wildman–Crippen MR) is 93.7 cm³/mol. The van der Waals surface area contributed by atoms with Crippen molar-refractivity contribution in [2.45, 2.75) is 30.8 Å². The molecule has 1 atom stereocenters. The Bertz CT molecular complexity index is 976. The highest BCUT2D eigenvalue weighted by atomic mass is 32.2. The number of rotatable bonds is 4. The molecular weight excluding hydrogens is 365 g/mol. The number of benzene rings is 1. The first-order valence-corrected chi connectivity index (χ1v) is 9.94. The molecule has 8 heteroatoms. The van der Waals surface area contributed by atoms with Crippen molar-refractivity contribution in [3.8, 4) is 0 Å². The van der Waals surface area contributed by atoms with Gasteiger partial charge in [-0.05, 0) is 43.7 Å². The van der Waals surface area contributed by atoms with Crippen molar-refractivity contribution in [3.05, 3.63) is 52.0 Å². The van der Waals surface area contributed by atoms with Crippen molar-refractivity contribution < 1.29 is 22.3 Å². The van der Waals surface area contributed by atoms with Gasteiger partial charge in [-0.15, -0.1) is 11.3 Å². The van der Waals surface area contributed by atoms with E-state index in [1.54, 1.807) is 12.3 Å². The van der Waals surface area contributed by atoms with Crippen LogP contribution in [0.15, 0.2) is 40.6 Å². The molecule has 0 bridgehead atoms. The number of carbonyl (C=O) groups is 1. The van der Waals surface area contributed by atoms with E-state index < -0.39 is 20.8 Å². The molecule has 0 fully saturated rings. The lowest BCUT2D eigenvalue weighted by atomic mass is 9.91. The van der Waals surface area contributed by atoms with Crippen LogP contribution >= 0.6 is 11.3 Å². The minimum atomic E-state index is -3.82. The number of ketones is 1. The minimum Gasteiger partial charge on any atom is -0.478 e. The molecule has 1 unspecified atom stereocenters.